The summed E-state index contributed by atoms with van der Waals surface area (Å²) >= 11 is 0. The van der Waals surface area contributed by atoms with Gasteiger partial charge in [-0.05, 0) is 23.8 Å². The lowest BCUT2D eigenvalue weighted by Crippen LogP contribution is -2.24. The summed E-state index contributed by atoms with van der Waals surface area (Å²) in [6, 6.07) is 14.2. The van der Waals surface area contributed by atoms with Gasteiger partial charge in [0.05, 0.1) is 0 Å². The molecule has 0 aliphatic rings. The van der Waals surface area contributed by atoms with Crippen molar-refractivity contribution < 1.29 is 19.7 Å². The van der Waals surface area contributed by atoms with Crippen molar-refractivity contribution in [1.29, 1.82) is 0 Å². The maximum atomic E-state index is 10.8. The van der Waals surface area contributed by atoms with Crippen molar-refractivity contribution in [2.45, 2.75) is 13.2 Å². The molecule has 0 heterocycles. The molecule has 0 bridgehead atoms. The van der Waals surface area contributed by atoms with E-state index in [9.17, 15) is 14.9 Å². The maximum absolute atomic E-state index is 10.8. The van der Waals surface area contributed by atoms with E-state index in [4.69, 9.17) is 15.6 Å². The fourth-order valence-electron chi connectivity index (χ4n) is 2.10. The number of nitrogens with one attached hydrogen (secondary N) is 2. The molecule has 0 saturated carbocycles. The van der Waals surface area contributed by atoms with Gasteiger partial charge in [0.1, 0.15) is 17.5 Å². The number of nitro groups is 1. The summed E-state index contributed by atoms with van der Waals surface area (Å²) in [5.41, 5.74) is 7.30. The molecule has 0 fully saturated rings. The molecule has 2 rings (SSSR count). The molecule has 10 nitrogen and oxygen atoms in total. The number of benzene rings is 2. The van der Waals surface area contributed by atoms with Crippen LogP contribution in [0.15, 0.2) is 53.6 Å². The molecule has 5 N–H and O–H groups in total. The monoisotopic (exact) mass is 359 g/mol. The highest BCUT2D eigenvalue weighted by Gasteiger charge is 2.09. The van der Waals surface area contributed by atoms with Gasteiger partial charge >= 0.3 is 6.09 Å². The van der Waals surface area contributed by atoms with Gasteiger partial charge in [-0.15, -0.1) is 0 Å². The zero-order valence-electron chi connectivity index (χ0n) is 13.6. The van der Waals surface area contributed by atoms with E-state index in [-0.39, 0.29) is 6.54 Å². The molecule has 0 spiro atoms. The quantitative estimate of drug-likeness (QED) is 0.255. The summed E-state index contributed by atoms with van der Waals surface area (Å²) in [6.45, 7) is 0.292. The van der Waals surface area contributed by atoms with E-state index in [1.165, 1.54) is 0 Å². The number of guanidine groups is 1. The van der Waals surface area contributed by atoms with E-state index in [0.717, 1.165) is 5.56 Å². The highest BCUT2D eigenvalue weighted by atomic mass is 16.7. The summed E-state index contributed by atoms with van der Waals surface area (Å²) in [7, 11) is 0. The number of carbonyl (C=O) groups is 1. The highest BCUT2D eigenvalue weighted by Crippen LogP contribution is 2.24. The zero-order chi connectivity index (χ0) is 18.9. The number of hydrogen-bond donors (Lipinski definition) is 4. The van der Waals surface area contributed by atoms with Crippen molar-refractivity contribution in [3.63, 3.8) is 0 Å². The molecule has 1 amide bonds. The Kier molecular flexibility index (Phi) is 6.32. The van der Waals surface area contributed by atoms with Gasteiger partial charge in [0.15, 0.2) is 5.03 Å². The van der Waals surface area contributed by atoms with Crippen molar-refractivity contribution >= 4 is 17.7 Å². The number of nitrogens with two attached hydrogens (primary N) is 1. The lowest BCUT2D eigenvalue weighted by molar-refractivity contribution is -0.485. The summed E-state index contributed by atoms with van der Waals surface area (Å²) in [5, 5.41) is 26.0. The minimum atomic E-state index is -1.19. The summed E-state index contributed by atoms with van der Waals surface area (Å²) in [6.07, 6.45) is -1.19. The number of nitrogens with zero attached hydrogens (tertiary/aromatic N) is 2. The third kappa shape index (κ3) is 6.00. The van der Waals surface area contributed by atoms with E-state index in [2.05, 4.69) is 15.7 Å². The van der Waals surface area contributed by atoms with Crippen LogP contribution in [-0.2, 0) is 13.2 Å². The molecular weight excluding hydrogens is 342 g/mol. The number of hydrazone groups is 1. The van der Waals surface area contributed by atoms with Crippen LogP contribution in [0, 0.1) is 10.1 Å². The van der Waals surface area contributed by atoms with Crippen LogP contribution in [-0.4, -0.2) is 22.2 Å². The molecule has 2 aromatic rings. The van der Waals surface area contributed by atoms with Gasteiger partial charge in [-0.3, -0.25) is 0 Å². The average Bonchev–Trinajstić information content (AvgIpc) is 2.59. The Balaban J connectivity index is 2.17. The van der Waals surface area contributed by atoms with Gasteiger partial charge in [0.25, 0.3) is 5.96 Å². The first-order valence-electron chi connectivity index (χ1n) is 7.46. The van der Waals surface area contributed by atoms with Crippen LogP contribution < -0.4 is 21.1 Å². The molecule has 2 aromatic carbocycles. The number of ether oxygens (including phenoxy) is 1. The van der Waals surface area contributed by atoms with Crippen LogP contribution in [0.2, 0.25) is 0 Å². The second-order valence-corrected chi connectivity index (χ2v) is 5.10. The standard InChI is InChI=1S/C16H17N5O5/c17-15(20-21(24)25)19-13-6-7-14(12(8-13)9-18-16(22)23)26-10-11-4-2-1-3-5-11/h1-8,18H,9-10H2,(H,22,23)(H3,17,19,20). The summed E-state index contributed by atoms with van der Waals surface area (Å²) in [5.74, 6) is 0.0723. The Labute approximate surface area is 148 Å². The van der Waals surface area contributed by atoms with Crippen molar-refractivity contribution in [3.8, 4) is 5.75 Å². The summed E-state index contributed by atoms with van der Waals surface area (Å²) < 4.78 is 5.75. The van der Waals surface area contributed by atoms with Crippen LogP contribution in [0.4, 0.5) is 10.5 Å². The van der Waals surface area contributed by atoms with Gasteiger partial charge in [-0.1, -0.05) is 30.3 Å². The Morgan fingerprint density at radius 2 is 2.00 bits per heavy atom. The number of rotatable bonds is 7. The normalized spacial score (nSPS) is 10.8. The van der Waals surface area contributed by atoms with Gasteiger partial charge < -0.3 is 26.2 Å². The van der Waals surface area contributed by atoms with E-state index in [0.29, 0.717) is 23.6 Å². The third-order valence-corrected chi connectivity index (χ3v) is 3.19. The first kappa shape index (κ1) is 18.5. The summed E-state index contributed by atoms with van der Waals surface area (Å²) in [4.78, 5) is 21.1. The van der Waals surface area contributed by atoms with Crippen molar-refractivity contribution in [3.05, 3.63) is 69.8 Å². The molecular formula is C16H17N5O5. The second kappa shape index (κ2) is 8.87. The average molecular weight is 359 g/mol. The second-order valence-electron chi connectivity index (χ2n) is 5.10. The first-order valence-corrected chi connectivity index (χ1v) is 7.46. The minimum absolute atomic E-state index is 0.0126. The van der Waals surface area contributed by atoms with E-state index in [1.807, 2.05) is 30.3 Å². The lowest BCUT2D eigenvalue weighted by Gasteiger charge is -2.14. The Morgan fingerprint density at radius 3 is 2.65 bits per heavy atom. The van der Waals surface area contributed by atoms with Crippen LogP contribution in [0.25, 0.3) is 0 Å². The molecule has 0 aliphatic heterocycles. The fourth-order valence-corrected chi connectivity index (χ4v) is 2.10. The molecule has 0 unspecified atom stereocenters. The van der Waals surface area contributed by atoms with E-state index in [1.54, 1.807) is 18.2 Å². The topological polar surface area (TPSA) is 152 Å². The zero-order valence-corrected chi connectivity index (χ0v) is 13.6. The molecule has 136 valence electrons. The Hall–Kier alpha value is -3.82. The smallest absolute Gasteiger partial charge is 0.404 e. The molecule has 0 aromatic heterocycles. The molecule has 0 saturated heterocycles. The van der Waals surface area contributed by atoms with E-state index >= 15 is 0 Å². The van der Waals surface area contributed by atoms with Crippen LogP contribution in [0.5, 0.6) is 5.75 Å². The van der Waals surface area contributed by atoms with Crippen LogP contribution in [0.1, 0.15) is 11.1 Å². The largest absolute Gasteiger partial charge is 0.489 e. The Morgan fingerprint density at radius 1 is 1.27 bits per heavy atom. The first-order chi connectivity index (χ1) is 12.4. The number of carboxylic acid groups (broad SMARTS) is 1. The third-order valence-electron chi connectivity index (χ3n) is 3.19. The number of anilines is 1. The predicted octanol–water partition coefficient (Wildman–Crippen LogP) is 1.95. The van der Waals surface area contributed by atoms with Gasteiger partial charge in [0.2, 0.25) is 0 Å². The molecule has 0 atom stereocenters. The minimum Gasteiger partial charge on any atom is -0.489 e. The molecule has 0 aliphatic carbocycles. The van der Waals surface area contributed by atoms with Gasteiger partial charge in [-0.25, -0.2) is 14.9 Å². The number of hydrogen-bond acceptors (Lipinski definition) is 4. The lowest BCUT2D eigenvalue weighted by atomic mass is 10.1. The van der Waals surface area contributed by atoms with Crippen LogP contribution in [0.3, 0.4) is 0 Å². The van der Waals surface area contributed by atoms with Gasteiger partial charge in [-0.2, -0.15) is 0 Å². The molecule has 0 radical (unpaired) electrons. The maximum Gasteiger partial charge on any atom is 0.404 e. The molecule has 26 heavy (non-hydrogen) atoms. The predicted molar refractivity (Wildman–Crippen MR) is 94.3 cm³/mol. The molecule has 10 heteroatoms. The van der Waals surface area contributed by atoms with E-state index < -0.39 is 17.1 Å². The highest BCUT2D eigenvalue weighted by molar-refractivity contribution is 5.91. The SMILES string of the molecule is NC(=N[N+](=O)[O-])Nc1ccc(OCc2ccccc2)c(CNC(=O)O)c1. The van der Waals surface area contributed by atoms with Gasteiger partial charge in [0, 0.05) is 17.8 Å². The fraction of sp³-hybridized carbons (Fsp3) is 0.125. The van der Waals surface area contributed by atoms with Crippen molar-refractivity contribution in [1.82, 2.24) is 5.32 Å². The Bertz CT molecular complexity index is 810. The number of amides is 1. The van der Waals surface area contributed by atoms with Crippen LogP contribution >= 0.6 is 0 Å². The van der Waals surface area contributed by atoms with Crippen molar-refractivity contribution in [2.75, 3.05) is 5.32 Å². The van der Waals surface area contributed by atoms with Crippen molar-refractivity contribution in [2.24, 2.45) is 10.8 Å².